The minimum Gasteiger partial charge on any atom is -0.296 e. The van der Waals surface area contributed by atoms with E-state index in [0.29, 0.717) is 5.82 Å². The quantitative estimate of drug-likeness (QED) is 0.617. The number of nitrogens with one attached hydrogen (secondary N) is 1. The van der Waals surface area contributed by atoms with Gasteiger partial charge >= 0.3 is 0 Å². The van der Waals surface area contributed by atoms with E-state index in [1.54, 1.807) is 6.07 Å². The molecule has 22 heavy (non-hydrogen) atoms. The van der Waals surface area contributed by atoms with Crippen molar-refractivity contribution in [1.82, 2.24) is 30.2 Å². The lowest BCUT2D eigenvalue weighted by atomic mass is 10.2. The maximum atomic E-state index is 13.5. The zero-order chi connectivity index (χ0) is 15.1. The van der Waals surface area contributed by atoms with Gasteiger partial charge in [0.05, 0.1) is 11.0 Å². The van der Waals surface area contributed by atoms with E-state index in [4.69, 9.17) is 0 Å². The number of halogens is 1. The molecule has 0 aliphatic rings. The summed E-state index contributed by atoms with van der Waals surface area (Å²) >= 11 is 0. The van der Waals surface area contributed by atoms with E-state index in [9.17, 15) is 4.39 Å². The fourth-order valence-electron chi connectivity index (χ4n) is 2.54. The van der Waals surface area contributed by atoms with Crippen LogP contribution in [0.25, 0.3) is 28.1 Å². The third-order valence-corrected chi connectivity index (χ3v) is 3.51. The van der Waals surface area contributed by atoms with Crippen LogP contribution in [0.4, 0.5) is 4.39 Å². The van der Waals surface area contributed by atoms with Gasteiger partial charge in [0, 0.05) is 17.3 Å². The molecule has 0 amide bonds. The van der Waals surface area contributed by atoms with Crippen LogP contribution < -0.4 is 0 Å². The number of hydrogen-bond donors (Lipinski definition) is 1. The summed E-state index contributed by atoms with van der Waals surface area (Å²) in [5.74, 6) is 1.05. The van der Waals surface area contributed by atoms with Crippen LogP contribution in [-0.2, 0) is 0 Å². The topological polar surface area (TPSA) is 72.3 Å². The molecule has 4 aromatic rings. The minimum absolute atomic E-state index is 0.280. The van der Waals surface area contributed by atoms with Crippen LogP contribution in [0.1, 0.15) is 5.82 Å². The summed E-state index contributed by atoms with van der Waals surface area (Å²) in [6, 6.07) is 12.2. The van der Waals surface area contributed by atoms with Crippen molar-refractivity contribution in [1.29, 1.82) is 0 Å². The van der Waals surface area contributed by atoms with Crippen LogP contribution in [0.3, 0.4) is 0 Å². The Bertz CT molecular complexity index is 940. The van der Waals surface area contributed by atoms with Crippen LogP contribution in [-0.4, -0.2) is 30.2 Å². The van der Waals surface area contributed by atoms with Crippen molar-refractivity contribution in [2.75, 3.05) is 0 Å². The zero-order valence-electron chi connectivity index (χ0n) is 11.7. The van der Waals surface area contributed by atoms with E-state index in [1.165, 1.54) is 12.1 Å². The minimum atomic E-state index is -0.280. The number of benzene rings is 2. The van der Waals surface area contributed by atoms with Crippen LogP contribution >= 0.6 is 0 Å². The van der Waals surface area contributed by atoms with E-state index in [2.05, 4.69) is 25.6 Å². The molecule has 0 fully saturated rings. The molecule has 4 rings (SSSR count). The standard InChI is InChI=1S/C15H11FN6/c1-9-17-13-7-4-11(16)8-14(13)22(9)12-5-2-10(3-6-12)15-18-20-21-19-15/h2-8H,1H3,(H,18,19,20,21). The molecular weight excluding hydrogens is 283 g/mol. The molecule has 2 aromatic carbocycles. The first kappa shape index (κ1) is 12.6. The van der Waals surface area contributed by atoms with Gasteiger partial charge < -0.3 is 0 Å². The molecule has 0 aliphatic carbocycles. The predicted molar refractivity (Wildman–Crippen MR) is 78.9 cm³/mol. The lowest BCUT2D eigenvalue weighted by Gasteiger charge is -2.07. The molecule has 0 spiro atoms. The Morgan fingerprint density at radius 3 is 2.64 bits per heavy atom. The Labute approximate surface area is 124 Å². The third kappa shape index (κ3) is 1.95. The van der Waals surface area contributed by atoms with Crippen LogP contribution in [0.15, 0.2) is 42.5 Å². The largest absolute Gasteiger partial charge is 0.296 e. The molecule has 1 N–H and O–H groups in total. The maximum absolute atomic E-state index is 13.5. The molecule has 6 nitrogen and oxygen atoms in total. The number of aromatic nitrogens is 6. The van der Waals surface area contributed by atoms with Crippen molar-refractivity contribution in [2.24, 2.45) is 0 Å². The van der Waals surface area contributed by atoms with Crippen molar-refractivity contribution >= 4 is 11.0 Å². The number of nitrogens with zero attached hydrogens (tertiary/aromatic N) is 5. The van der Waals surface area contributed by atoms with Gasteiger partial charge in [0.2, 0.25) is 5.82 Å². The number of rotatable bonds is 2. The monoisotopic (exact) mass is 294 g/mol. The number of aromatic amines is 1. The average Bonchev–Trinajstić information content (AvgIpc) is 3.14. The van der Waals surface area contributed by atoms with Crippen LogP contribution in [0, 0.1) is 12.7 Å². The molecule has 2 aromatic heterocycles. The van der Waals surface area contributed by atoms with Gasteiger partial charge in [-0.05, 0) is 48.5 Å². The van der Waals surface area contributed by atoms with Crippen molar-refractivity contribution in [3.8, 4) is 17.1 Å². The molecule has 0 radical (unpaired) electrons. The van der Waals surface area contributed by atoms with E-state index < -0.39 is 0 Å². The van der Waals surface area contributed by atoms with Gasteiger partial charge in [-0.3, -0.25) is 4.57 Å². The second-order valence-electron chi connectivity index (χ2n) is 4.91. The third-order valence-electron chi connectivity index (χ3n) is 3.51. The molecule has 0 unspecified atom stereocenters. The second-order valence-corrected chi connectivity index (χ2v) is 4.91. The van der Waals surface area contributed by atoms with Gasteiger partial charge in [0.15, 0.2) is 0 Å². The SMILES string of the molecule is Cc1nc2ccc(F)cc2n1-c1ccc(-c2nn[nH]n2)cc1. The summed E-state index contributed by atoms with van der Waals surface area (Å²) in [5.41, 5.74) is 3.26. The van der Waals surface area contributed by atoms with Gasteiger partial charge in [-0.1, -0.05) is 0 Å². The molecule has 2 heterocycles. The van der Waals surface area contributed by atoms with E-state index in [0.717, 1.165) is 28.1 Å². The summed E-state index contributed by atoms with van der Waals surface area (Å²) in [5, 5.41) is 13.8. The molecule has 0 saturated carbocycles. The normalized spacial score (nSPS) is 11.2. The van der Waals surface area contributed by atoms with Gasteiger partial charge in [-0.25, -0.2) is 9.37 Å². The molecule has 108 valence electrons. The Kier molecular flexibility index (Phi) is 2.72. The van der Waals surface area contributed by atoms with E-state index in [1.807, 2.05) is 35.8 Å². The molecule has 7 heteroatoms. The van der Waals surface area contributed by atoms with Gasteiger partial charge in [-0.15, -0.1) is 10.2 Å². The first-order valence-corrected chi connectivity index (χ1v) is 6.71. The van der Waals surface area contributed by atoms with E-state index in [-0.39, 0.29) is 5.82 Å². The Balaban J connectivity index is 1.85. The number of H-pyrrole nitrogens is 1. The fraction of sp³-hybridized carbons (Fsp3) is 0.0667. The summed E-state index contributed by atoms with van der Waals surface area (Å²) in [6.07, 6.45) is 0. The Hall–Kier alpha value is -3.09. The lowest BCUT2D eigenvalue weighted by Crippen LogP contribution is -1.97. The Morgan fingerprint density at radius 2 is 1.91 bits per heavy atom. The summed E-state index contributed by atoms with van der Waals surface area (Å²) in [4.78, 5) is 4.46. The van der Waals surface area contributed by atoms with Crippen molar-refractivity contribution in [2.45, 2.75) is 6.92 Å². The molecule has 0 bridgehead atoms. The highest BCUT2D eigenvalue weighted by molar-refractivity contribution is 5.78. The first-order valence-electron chi connectivity index (χ1n) is 6.71. The number of hydrogen-bond acceptors (Lipinski definition) is 4. The van der Waals surface area contributed by atoms with Gasteiger partial charge in [0.25, 0.3) is 0 Å². The number of tetrazole rings is 1. The highest BCUT2D eigenvalue weighted by atomic mass is 19.1. The van der Waals surface area contributed by atoms with E-state index >= 15 is 0 Å². The van der Waals surface area contributed by atoms with Crippen LogP contribution in [0.5, 0.6) is 0 Å². The predicted octanol–water partition coefficient (Wildman–Crippen LogP) is 2.65. The highest BCUT2D eigenvalue weighted by Gasteiger charge is 2.11. The molecule has 0 atom stereocenters. The molecule has 0 saturated heterocycles. The molecule has 0 aliphatic heterocycles. The van der Waals surface area contributed by atoms with Crippen molar-refractivity contribution < 1.29 is 4.39 Å². The lowest BCUT2D eigenvalue weighted by molar-refractivity contribution is 0.629. The maximum Gasteiger partial charge on any atom is 0.204 e. The average molecular weight is 294 g/mol. The zero-order valence-corrected chi connectivity index (χ0v) is 11.7. The van der Waals surface area contributed by atoms with Gasteiger partial charge in [-0.2, -0.15) is 5.21 Å². The number of fused-ring (bicyclic) bond motifs is 1. The van der Waals surface area contributed by atoms with Crippen LogP contribution in [0.2, 0.25) is 0 Å². The smallest absolute Gasteiger partial charge is 0.204 e. The summed E-state index contributed by atoms with van der Waals surface area (Å²) in [6.45, 7) is 1.89. The van der Waals surface area contributed by atoms with Crippen molar-refractivity contribution in [3.63, 3.8) is 0 Å². The first-order chi connectivity index (χ1) is 10.7. The number of aryl methyl sites for hydroxylation is 1. The Morgan fingerprint density at radius 1 is 1.09 bits per heavy atom. The highest BCUT2D eigenvalue weighted by Crippen LogP contribution is 2.23. The summed E-state index contributed by atoms with van der Waals surface area (Å²) < 4.78 is 15.4. The van der Waals surface area contributed by atoms with Gasteiger partial charge in [0.1, 0.15) is 11.6 Å². The fourth-order valence-corrected chi connectivity index (χ4v) is 2.54. The number of imidazole rings is 1. The van der Waals surface area contributed by atoms with Crippen molar-refractivity contribution in [3.05, 3.63) is 54.1 Å². The second kappa shape index (κ2) is 4.73. The summed E-state index contributed by atoms with van der Waals surface area (Å²) in [7, 11) is 0. The molecular formula is C15H11FN6.